The third-order valence-electron chi connectivity index (χ3n) is 3.47. The summed E-state index contributed by atoms with van der Waals surface area (Å²) in [5, 5.41) is 0. The number of ether oxygens (including phenoxy) is 1. The molecular weight excluding hydrogens is 212 g/mol. The van der Waals surface area contributed by atoms with Crippen molar-refractivity contribution >= 4 is 5.82 Å². The summed E-state index contributed by atoms with van der Waals surface area (Å²) in [5.41, 5.74) is 6.76. The minimum atomic E-state index is 0.406. The normalized spacial score (nSPS) is 29.2. The second-order valence-electron chi connectivity index (χ2n) is 5.44. The Bertz CT molecular complexity index is 357. The van der Waals surface area contributed by atoms with Gasteiger partial charge in [0.25, 0.3) is 0 Å². The van der Waals surface area contributed by atoms with Crippen molar-refractivity contribution in [3.63, 3.8) is 0 Å². The lowest BCUT2D eigenvalue weighted by atomic mass is 9.82. The lowest BCUT2D eigenvalue weighted by Gasteiger charge is -2.31. The van der Waals surface area contributed by atoms with Gasteiger partial charge in [0.1, 0.15) is 5.82 Å². The second kappa shape index (κ2) is 5.50. The van der Waals surface area contributed by atoms with Gasteiger partial charge in [-0.05, 0) is 48.8 Å². The maximum atomic E-state index is 5.98. The Morgan fingerprint density at radius 2 is 2.00 bits per heavy atom. The monoisotopic (exact) mass is 234 g/mol. The van der Waals surface area contributed by atoms with Gasteiger partial charge in [-0.2, -0.15) is 0 Å². The van der Waals surface area contributed by atoms with Crippen molar-refractivity contribution in [2.45, 2.75) is 45.8 Å². The number of aromatic nitrogens is 1. The van der Waals surface area contributed by atoms with Gasteiger partial charge in [-0.25, -0.2) is 4.98 Å². The largest absolute Gasteiger partial charge is 0.384 e. The number of pyridine rings is 1. The Morgan fingerprint density at radius 1 is 1.29 bits per heavy atom. The first-order valence-corrected chi connectivity index (χ1v) is 6.45. The second-order valence-corrected chi connectivity index (χ2v) is 5.44. The molecule has 1 aromatic heterocycles. The molecule has 3 heteroatoms. The van der Waals surface area contributed by atoms with Gasteiger partial charge >= 0.3 is 0 Å². The Hall–Kier alpha value is -1.09. The highest BCUT2D eigenvalue weighted by molar-refractivity contribution is 5.31. The zero-order valence-electron chi connectivity index (χ0n) is 10.7. The van der Waals surface area contributed by atoms with Crippen LogP contribution in [0.3, 0.4) is 0 Å². The quantitative estimate of drug-likeness (QED) is 0.874. The van der Waals surface area contributed by atoms with Crippen molar-refractivity contribution < 1.29 is 4.74 Å². The van der Waals surface area contributed by atoms with Gasteiger partial charge in [0.15, 0.2) is 0 Å². The number of hydrogen-bond donors (Lipinski definition) is 1. The van der Waals surface area contributed by atoms with Crippen LogP contribution in [0.2, 0.25) is 0 Å². The number of rotatable bonds is 3. The van der Waals surface area contributed by atoms with Crippen LogP contribution in [0, 0.1) is 11.8 Å². The van der Waals surface area contributed by atoms with Crippen LogP contribution in [-0.2, 0) is 11.3 Å². The highest BCUT2D eigenvalue weighted by Crippen LogP contribution is 2.30. The minimum Gasteiger partial charge on any atom is -0.384 e. The fourth-order valence-corrected chi connectivity index (χ4v) is 2.81. The molecule has 0 bridgehead atoms. The summed E-state index contributed by atoms with van der Waals surface area (Å²) < 4.78 is 5.98. The zero-order chi connectivity index (χ0) is 12.3. The van der Waals surface area contributed by atoms with Crippen molar-refractivity contribution in [3.8, 4) is 0 Å². The zero-order valence-corrected chi connectivity index (χ0v) is 10.7. The van der Waals surface area contributed by atoms with Crippen LogP contribution in [0.5, 0.6) is 0 Å². The molecule has 2 N–H and O–H groups in total. The molecule has 1 fully saturated rings. The van der Waals surface area contributed by atoms with E-state index in [0.717, 1.165) is 17.4 Å². The van der Waals surface area contributed by atoms with Crippen molar-refractivity contribution in [2.75, 3.05) is 5.73 Å². The lowest BCUT2D eigenvalue weighted by molar-refractivity contribution is -0.00916. The van der Waals surface area contributed by atoms with Crippen molar-refractivity contribution in [2.24, 2.45) is 11.8 Å². The topological polar surface area (TPSA) is 48.1 Å². The van der Waals surface area contributed by atoms with E-state index in [0.29, 0.717) is 18.5 Å². The summed E-state index contributed by atoms with van der Waals surface area (Å²) in [6, 6.07) is 3.85. The molecule has 1 aliphatic carbocycles. The first-order chi connectivity index (χ1) is 8.13. The molecule has 0 aliphatic heterocycles. The van der Waals surface area contributed by atoms with E-state index in [9.17, 15) is 0 Å². The highest BCUT2D eigenvalue weighted by Gasteiger charge is 2.24. The molecule has 94 valence electrons. The van der Waals surface area contributed by atoms with Crippen molar-refractivity contribution in [1.82, 2.24) is 4.98 Å². The molecule has 3 nitrogen and oxygen atoms in total. The summed E-state index contributed by atoms with van der Waals surface area (Å²) in [5.74, 6) is 2.13. The Kier molecular flexibility index (Phi) is 4.00. The fraction of sp³-hybridized carbons (Fsp3) is 0.643. The average Bonchev–Trinajstić information content (AvgIpc) is 2.25. The molecule has 0 saturated heterocycles. The van der Waals surface area contributed by atoms with Crippen molar-refractivity contribution in [3.05, 3.63) is 23.9 Å². The molecule has 0 aromatic carbocycles. The van der Waals surface area contributed by atoms with Crippen LogP contribution < -0.4 is 5.73 Å². The summed E-state index contributed by atoms with van der Waals surface area (Å²) in [4.78, 5) is 3.98. The number of anilines is 1. The smallest absolute Gasteiger partial charge is 0.123 e. The summed E-state index contributed by atoms with van der Waals surface area (Å²) in [6.45, 7) is 5.28. The van der Waals surface area contributed by atoms with Crippen LogP contribution in [0.4, 0.5) is 5.82 Å². The van der Waals surface area contributed by atoms with E-state index in [2.05, 4.69) is 18.8 Å². The van der Waals surface area contributed by atoms with Crippen molar-refractivity contribution in [1.29, 1.82) is 0 Å². The van der Waals surface area contributed by atoms with E-state index in [4.69, 9.17) is 10.5 Å². The van der Waals surface area contributed by atoms with E-state index in [1.165, 1.54) is 19.3 Å². The molecule has 2 rings (SSSR count). The molecule has 0 radical (unpaired) electrons. The number of nitrogen functional groups attached to an aromatic ring is 1. The average molecular weight is 234 g/mol. The first-order valence-electron chi connectivity index (χ1n) is 6.45. The molecule has 1 aromatic rings. The predicted octanol–water partition coefficient (Wildman–Crippen LogP) is 3.01. The third-order valence-corrected chi connectivity index (χ3v) is 3.47. The van der Waals surface area contributed by atoms with E-state index in [-0.39, 0.29) is 0 Å². The molecule has 1 heterocycles. The molecule has 2 atom stereocenters. The highest BCUT2D eigenvalue weighted by atomic mass is 16.5. The van der Waals surface area contributed by atoms with E-state index < -0.39 is 0 Å². The number of hydrogen-bond acceptors (Lipinski definition) is 3. The van der Waals surface area contributed by atoms with Gasteiger partial charge < -0.3 is 10.5 Å². The van der Waals surface area contributed by atoms with Crippen LogP contribution in [0.1, 0.15) is 38.7 Å². The molecule has 0 amide bonds. The fourth-order valence-electron chi connectivity index (χ4n) is 2.81. The van der Waals surface area contributed by atoms with Crippen LogP contribution in [-0.4, -0.2) is 11.1 Å². The van der Waals surface area contributed by atoms with E-state index in [1.807, 2.05) is 12.1 Å². The maximum Gasteiger partial charge on any atom is 0.123 e. The molecule has 1 aliphatic rings. The van der Waals surface area contributed by atoms with E-state index in [1.54, 1.807) is 6.20 Å². The van der Waals surface area contributed by atoms with Gasteiger partial charge in [-0.1, -0.05) is 13.8 Å². The van der Waals surface area contributed by atoms with Gasteiger partial charge in [0, 0.05) is 6.20 Å². The van der Waals surface area contributed by atoms with Gasteiger partial charge in [0.05, 0.1) is 12.7 Å². The summed E-state index contributed by atoms with van der Waals surface area (Å²) in [7, 11) is 0. The van der Waals surface area contributed by atoms with Gasteiger partial charge in [-0.3, -0.25) is 0 Å². The number of nitrogens with zero attached hydrogens (tertiary/aromatic N) is 1. The lowest BCUT2D eigenvalue weighted by Crippen LogP contribution is -2.26. The van der Waals surface area contributed by atoms with E-state index >= 15 is 0 Å². The first kappa shape index (κ1) is 12.4. The van der Waals surface area contributed by atoms with Crippen LogP contribution in [0.25, 0.3) is 0 Å². The molecule has 1 saturated carbocycles. The predicted molar refractivity (Wildman–Crippen MR) is 69.4 cm³/mol. The molecule has 17 heavy (non-hydrogen) atoms. The Morgan fingerprint density at radius 3 is 2.65 bits per heavy atom. The summed E-state index contributed by atoms with van der Waals surface area (Å²) in [6.07, 6.45) is 5.85. The minimum absolute atomic E-state index is 0.406. The van der Waals surface area contributed by atoms with Gasteiger partial charge in [0.2, 0.25) is 0 Å². The maximum absolute atomic E-state index is 5.98. The Labute approximate surface area is 103 Å². The molecule has 0 spiro atoms. The summed E-state index contributed by atoms with van der Waals surface area (Å²) >= 11 is 0. The van der Waals surface area contributed by atoms with Crippen LogP contribution in [0.15, 0.2) is 18.3 Å². The molecule has 2 unspecified atom stereocenters. The van der Waals surface area contributed by atoms with Gasteiger partial charge in [-0.15, -0.1) is 0 Å². The standard InChI is InChI=1S/C14H22N2O/c1-10-5-11(2)7-13(6-10)17-9-12-3-4-16-14(15)8-12/h3-4,8,10-11,13H,5-7,9H2,1-2H3,(H2,15,16). The molecular formula is C14H22N2O. The Balaban J connectivity index is 1.85. The third kappa shape index (κ3) is 3.70. The number of nitrogens with two attached hydrogens (primary N) is 1. The van der Waals surface area contributed by atoms with Crippen LogP contribution >= 0.6 is 0 Å². The SMILES string of the molecule is CC1CC(C)CC(OCc2ccnc(N)c2)C1.